The van der Waals surface area contributed by atoms with Crippen LogP contribution in [0.3, 0.4) is 0 Å². The summed E-state index contributed by atoms with van der Waals surface area (Å²) in [6.07, 6.45) is 0. The molecule has 18 heavy (non-hydrogen) atoms. The Morgan fingerprint density at radius 2 is 2.22 bits per heavy atom. The summed E-state index contributed by atoms with van der Waals surface area (Å²) >= 11 is 3.18. The summed E-state index contributed by atoms with van der Waals surface area (Å²) in [6.45, 7) is 0.905. The van der Waals surface area contributed by atoms with E-state index in [0.29, 0.717) is 6.61 Å². The van der Waals surface area contributed by atoms with Crippen LogP contribution in [0, 0.1) is 0 Å². The maximum Gasteiger partial charge on any atom is 0.321 e. The van der Waals surface area contributed by atoms with Crippen molar-refractivity contribution in [1.29, 1.82) is 0 Å². The number of halogens is 1. The zero-order valence-corrected chi connectivity index (χ0v) is 11.4. The molecule has 0 bridgehead atoms. The van der Waals surface area contributed by atoms with Crippen molar-refractivity contribution in [3.63, 3.8) is 0 Å². The number of hydrogen-bond acceptors (Lipinski definition) is 5. The molecule has 0 saturated heterocycles. The molecule has 1 aliphatic heterocycles. The first-order valence-electron chi connectivity index (χ1n) is 5.39. The molecule has 1 heterocycles. The van der Waals surface area contributed by atoms with E-state index >= 15 is 0 Å². The van der Waals surface area contributed by atoms with Crippen LogP contribution < -0.4 is 9.47 Å². The van der Waals surface area contributed by atoms with E-state index in [1.165, 1.54) is 7.11 Å². The van der Waals surface area contributed by atoms with Crippen LogP contribution in [-0.2, 0) is 20.9 Å². The number of carbonyl (C=O) groups excluding carboxylic acids is 1. The topological polar surface area (TPSA) is 54.0 Å². The molecular formula is C12H13BrO5. The second-order valence-electron chi connectivity index (χ2n) is 3.69. The molecule has 0 N–H and O–H groups in total. The largest absolute Gasteiger partial charge is 0.468 e. The van der Waals surface area contributed by atoms with Crippen molar-refractivity contribution in [2.24, 2.45) is 0 Å². The molecule has 0 amide bonds. The Balaban J connectivity index is 1.82. The Kier molecular flexibility index (Phi) is 4.43. The van der Waals surface area contributed by atoms with Crippen LogP contribution in [0.1, 0.15) is 5.56 Å². The Morgan fingerprint density at radius 3 is 3.00 bits per heavy atom. The molecule has 0 aromatic heterocycles. The predicted octanol–water partition coefficient (Wildman–Crippen LogP) is 1.87. The first-order chi connectivity index (χ1) is 8.70. The molecule has 0 aliphatic carbocycles. The number of hydrogen-bond donors (Lipinski definition) is 0. The fourth-order valence-corrected chi connectivity index (χ4v) is 1.88. The lowest BCUT2D eigenvalue weighted by molar-refractivity contribution is -0.141. The van der Waals surface area contributed by atoms with Crippen molar-refractivity contribution in [1.82, 2.24) is 0 Å². The molecule has 98 valence electrons. The zero-order chi connectivity index (χ0) is 13.0. The molecule has 0 saturated carbocycles. The lowest BCUT2D eigenvalue weighted by Gasteiger charge is -2.09. The molecule has 1 atom stereocenters. The second-order valence-corrected chi connectivity index (χ2v) is 4.80. The van der Waals surface area contributed by atoms with Gasteiger partial charge in [-0.15, -0.1) is 0 Å². The molecule has 0 radical (unpaired) electrons. The number of carbonyl (C=O) groups is 1. The molecule has 6 heteroatoms. The fourth-order valence-electron chi connectivity index (χ4n) is 1.51. The van der Waals surface area contributed by atoms with E-state index in [2.05, 4.69) is 20.7 Å². The first kappa shape index (κ1) is 13.2. The average Bonchev–Trinajstić information content (AvgIpc) is 2.85. The molecule has 0 spiro atoms. The maximum absolute atomic E-state index is 11.1. The lowest BCUT2D eigenvalue weighted by Crippen LogP contribution is -2.21. The third-order valence-corrected chi connectivity index (χ3v) is 3.06. The molecule has 2 rings (SSSR count). The lowest BCUT2D eigenvalue weighted by atomic mass is 10.2. The van der Waals surface area contributed by atoms with Gasteiger partial charge in [0.15, 0.2) is 11.5 Å². The number of esters is 1. The van der Waals surface area contributed by atoms with Crippen molar-refractivity contribution in [3.05, 3.63) is 23.8 Å². The van der Waals surface area contributed by atoms with Gasteiger partial charge in [-0.2, -0.15) is 0 Å². The Hall–Kier alpha value is -1.27. The summed E-state index contributed by atoms with van der Waals surface area (Å²) in [5.74, 6) is 1.12. The summed E-state index contributed by atoms with van der Waals surface area (Å²) in [5, 5.41) is 0. The fraction of sp³-hybridized carbons (Fsp3) is 0.417. The van der Waals surface area contributed by atoms with Gasteiger partial charge in [-0.3, -0.25) is 4.79 Å². The summed E-state index contributed by atoms with van der Waals surface area (Å²) < 4.78 is 20.5. The monoisotopic (exact) mass is 316 g/mol. The summed E-state index contributed by atoms with van der Waals surface area (Å²) in [6, 6.07) is 5.60. The van der Waals surface area contributed by atoms with E-state index in [1.54, 1.807) is 0 Å². The van der Waals surface area contributed by atoms with Gasteiger partial charge in [0, 0.05) is 0 Å². The van der Waals surface area contributed by atoms with Crippen molar-refractivity contribution in [2.75, 3.05) is 20.5 Å². The highest BCUT2D eigenvalue weighted by atomic mass is 79.9. The summed E-state index contributed by atoms with van der Waals surface area (Å²) in [7, 11) is 1.34. The van der Waals surface area contributed by atoms with Crippen molar-refractivity contribution in [3.8, 4) is 11.5 Å². The van der Waals surface area contributed by atoms with Gasteiger partial charge in [0.2, 0.25) is 6.79 Å². The highest BCUT2D eigenvalue weighted by Gasteiger charge is 2.16. The van der Waals surface area contributed by atoms with Gasteiger partial charge >= 0.3 is 5.97 Å². The Bertz CT molecular complexity index is 434. The van der Waals surface area contributed by atoms with Crippen LogP contribution in [0.25, 0.3) is 0 Å². The number of benzene rings is 1. The van der Waals surface area contributed by atoms with E-state index in [9.17, 15) is 4.79 Å². The molecule has 1 aromatic carbocycles. The third kappa shape index (κ3) is 3.14. The summed E-state index contributed by atoms with van der Waals surface area (Å²) in [5.41, 5.74) is 0.962. The van der Waals surface area contributed by atoms with E-state index in [0.717, 1.165) is 17.1 Å². The van der Waals surface area contributed by atoms with Crippen LogP contribution in [0.2, 0.25) is 0 Å². The molecule has 0 fully saturated rings. The van der Waals surface area contributed by atoms with Gasteiger partial charge in [-0.25, -0.2) is 0 Å². The van der Waals surface area contributed by atoms with Crippen molar-refractivity contribution >= 4 is 21.9 Å². The number of fused-ring (bicyclic) bond motifs is 1. The number of rotatable bonds is 5. The van der Waals surface area contributed by atoms with Crippen molar-refractivity contribution in [2.45, 2.75) is 11.4 Å². The minimum absolute atomic E-state index is 0.251. The highest BCUT2D eigenvalue weighted by molar-refractivity contribution is 9.10. The third-order valence-electron chi connectivity index (χ3n) is 2.43. The Morgan fingerprint density at radius 1 is 1.44 bits per heavy atom. The number of alkyl halides is 1. The van der Waals surface area contributed by atoms with Crippen LogP contribution >= 0.6 is 15.9 Å². The standard InChI is InChI=1S/C12H13BrO5/c1-15-12(14)9(13)6-16-5-8-2-3-10-11(4-8)18-7-17-10/h2-4,9H,5-7H2,1H3. The molecule has 1 aliphatic rings. The van der Waals surface area contributed by atoms with Crippen molar-refractivity contribution < 1.29 is 23.7 Å². The highest BCUT2D eigenvalue weighted by Crippen LogP contribution is 2.32. The smallest absolute Gasteiger partial charge is 0.321 e. The van der Waals surface area contributed by atoms with E-state index in [1.807, 2.05) is 18.2 Å². The van der Waals surface area contributed by atoms with Gasteiger partial charge in [0.1, 0.15) is 4.83 Å². The van der Waals surface area contributed by atoms with Gasteiger partial charge in [0.05, 0.1) is 20.3 Å². The van der Waals surface area contributed by atoms with Gasteiger partial charge in [-0.1, -0.05) is 22.0 Å². The van der Waals surface area contributed by atoms with Gasteiger partial charge in [-0.05, 0) is 17.7 Å². The van der Waals surface area contributed by atoms with Gasteiger partial charge < -0.3 is 18.9 Å². The minimum Gasteiger partial charge on any atom is -0.468 e. The van der Waals surface area contributed by atoms with E-state index in [4.69, 9.17) is 14.2 Å². The van der Waals surface area contributed by atoms with Crippen LogP contribution in [0.4, 0.5) is 0 Å². The van der Waals surface area contributed by atoms with Crippen LogP contribution in [-0.4, -0.2) is 31.3 Å². The average molecular weight is 317 g/mol. The Labute approximate surface area is 113 Å². The molecule has 1 aromatic rings. The van der Waals surface area contributed by atoms with Crippen LogP contribution in [0.15, 0.2) is 18.2 Å². The molecule has 1 unspecified atom stereocenters. The summed E-state index contributed by atoms with van der Waals surface area (Å²) in [4.78, 5) is 10.7. The minimum atomic E-state index is -0.448. The number of methoxy groups -OCH3 is 1. The first-order valence-corrected chi connectivity index (χ1v) is 6.30. The number of ether oxygens (including phenoxy) is 4. The molecular weight excluding hydrogens is 304 g/mol. The molecule has 5 nitrogen and oxygen atoms in total. The van der Waals surface area contributed by atoms with Crippen LogP contribution in [0.5, 0.6) is 11.5 Å². The second kappa shape index (κ2) is 6.06. The SMILES string of the molecule is COC(=O)C(Br)COCc1ccc2c(c1)OCO2. The van der Waals surface area contributed by atoms with E-state index < -0.39 is 4.83 Å². The maximum atomic E-state index is 11.1. The normalized spacial score (nSPS) is 14.3. The van der Waals surface area contributed by atoms with Gasteiger partial charge in [0.25, 0.3) is 0 Å². The quantitative estimate of drug-likeness (QED) is 0.613. The van der Waals surface area contributed by atoms with E-state index in [-0.39, 0.29) is 19.4 Å². The zero-order valence-electron chi connectivity index (χ0n) is 9.85. The predicted molar refractivity (Wildman–Crippen MR) is 67.0 cm³/mol.